The van der Waals surface area contributed by atoms with Crippen molar-refractivity contribution in [2.75, 3.05) is 18.0 Å². The van der Waals surface area contributed by atoms with Gasteiger partial charge in [0.15, 0.2) is 6.29 Å². The molecule has 2 rings (SSSR count). The van der Waals surface area contributed by atoms with E-state index < -0.39 is 5.60 Å². The van der Waals surface area contributed by atoms with Gasteiger partial charge in [0.05, 0.1) is 11.7 Å². The third kappa shape index (κ3) is 4.00. The minimum atomic E-state index is -0.497. The molecule has 1 aliphatic heterocycles. The van der Waals surface area contributed by atoms with Gasteiger partial charge in [-0.3, -0.25) is 4.79 Å². The second-order valence-electron chi connectivity index (χ2n) is 6.71. The van der Waals surface area contributed by atoms with Crippen molar-refractivity contribution in [2.45, 2.75) is 45.8 Å². The highest BCUT2D eigenvalue weighted by atomic mass is 16.6. The maximum atomic E-state index is 11.8. The lowest BCUT2D eigenvalue weighted by molar-refractivity contribution is 0.0509. The summed E-state index contributed by atoms with van der Waals surface area (Å²) in [6.45, 7) is 9.03. The summed E-state index contributed by atoms with van der Waals surface area (Å²) in [7, 11) is 0. The summed E-state index contributed by atoms with van der Waals surface area (Å²) in [5.74, 6) is 0. The molecule has 1 aromatic carbocycles. The smallest absolute Gasteiger partial charge is 0.407 e. The minimum Gasteiger partial charge on any atom is -0.444 e. The van der Waals surface area contributed by atoms with Crippen LogP contribution in [-0.4, -0.2) is 37.1 Å². The second-order valence-corrected chi connectivity index (χ2v) is 6.71. The minimum absolute atomic E-state index is 0.0361. The van der Waals surface area contributed by atoms with Crippen LogP contribution in [0.15, 0.2) is 18.2 Å². The standard InChI is InChI=1S/C17H24N2O3/c1-12-6-5-7-13(11-20)15(12)19-9-8-14(10-19)18-16(21)22-17(2,3)4/h5-7,11,14H,8-10H2,1-4H3,(H,18,21)/t14-/m0/s1. The van der Waals surface area contributed by atoms with E-state index in [0.717, 1.165) is 30.5 Å². The third-order valence-electron chi connectivity index (χ3n) is 3.62. The number of hydrogen-bond acceptors (Lipinski definition) is 4. The Hall–Kier alpha value is -2.04. The monoisotopic (exact) mass is 304 g/mol. The number of nitrogens with one attached hydrogen (secondary N) is 1. The lowest BCUT2D eigenvalue weighted by Gasteiger charge is -2.24. The summed E-state index contributed by atoms with van der Waals surface area (Å²) in [4.78, 5) is 25.2. The molecular formula is C17H24N2O3. The van der Waals surface area contributed by atoms with Gasteiger partial charge in [0.1, 0.15) is 5.60 Å². The fraction of sp³-hybridized carbons (Fsp3) is 0.529. The number of amides is 1. The van der Waals surface area contributed by atoms with E-state index in [4.69, 9.17) is 4.74 Å². The molecule has 0 unspecified atom stereocenters. The van der Waals surface area contributed by atoms with Crippen molar-refractivity contribution >= 4 is 18.1 Å². The average molecular weight is 304 g/mol. The zero-order valence-electron chi connectivity index (χ0n) is 13.7. The summed E-state index contributed by atoms with van der Waals surface area (Å²) >= 11 is 0. The molecule has 0 aromatic heterocycles. The van der Waals surface area contributed by atoms with Gasteiger partial charge in [0.25, 0.3) is 0 Å². The number of aldehydes is 1. The van der Waals surface area contributed by atoms with E-state index in [-0.39, 0.29) is 12.1 Å². The van der Waals surface area contributed by atoms with E-state index in [2.05, 4.69) is 10.2 Å². The Morgan fingerprint density at radius 1 is 1.41 bits per heavy atom. The van der Waals surface area contributed by atoms with Gasteiger partial charge in [-0.25, -0.2) is 4.79 Å². The quantitative estimate of drug-likeness (QED) is 0.872. The number of carbonyl (C=O) groups excluding carboxylic acids is 2. The lowest BCUT2D eigenvalue weighted by atomic mass is 10.1. The Bertz CT molecular complexity index is 564. The predicted octanol–water partition coefficient (Wildman–Crippen LogP) is 2.91. The van der Waals surface area contributed by atoms with Gasteiger partial charge in [0.2, 0.25) is 0 Å². The average Bonchev–Trinajstić information content (AvgIpc) is 2.83. The number of aryl methyl sites for hydroxylation is 1. The summed E-state index contributed by atoms with van der Waals surface area (Å²) in [5.41, 5.74) is 2.23. The lowest BCUT2D eigenvalue weighted by Crippen LogP contribution is -2.40. The van der Waals surface area contributed by atoms with Gasteiger partial charge < -0.3 is 15.0 Å². The van der Waals surface area contributed by atoms with E-state index in [1.165, 1.54) is 0 Å². The van der Waals surface area contributed by atoms with Crippen LogP contribution in [-0.2, 0) is 4.74 Å². The molecule has 1 heterocycles. The van der Waals surface area contributed by atoms with Crippen LogP contribution < -0.4 is 10.2 Å². The van der Waals surface area contributed by atoms with Crippen LogP contribution >= 0.6 is 0 Å². The normalized spacial score (nSPS) is 18.2. The fourth-order valence-electron chi connectivity index (χ4n) is 2.76. The highest BCUT2D eigenvalue weighted by molar-refractivity contribution is 5.86. The molecule has 1 atom stereocenters. The molecule has 0 aliphatic carbocycles. The van der Waals surface area contributed by atoms with Gasteiger partial charge in [0, 0.05) is 18.7 Å². The zero-order chi connectivity index (χ0) is 16.3. The SMILES string of the molecule is Cc1cccc(C=O)c1N1CC[C@H](NC(=O)OC(C)(C)C)C1. The van der Waals surface area contributed by atoms with E-state index in [9.17, 15) is 9.59 Å². The van der Waals surface area contributed by atoms with Crippen LogP contribution in [0.2, 0.25) is 0 Å². The molecule has 120 valence electrons. The first-order valence-corrected chi connectivity index (χ1v) is 7.59. The first kappa shape index (κ1) is 16.3. The molecule has 0 spiro atoms. The molecule has 1 fully saturated rings. The van der Waals surface area contributed by atoms with Crippen molar-refractivity contribution in [2.24, 2.45) is 0 Å². The Labute approximate surface area is 131 Å². The van der Waals surface area contributed by atoms with Crippen molar-refractivity contribution < 1.29 is 14.3 Å². The van der Waals surface area contributed by atoms with Gasteiger partial charge in [-0.05, 0) is 45.7 Å². The molecule has 1 aliphatic rings. The molecule has 1 aromatic rings. The number of alkyl carbamates (subject to hydrolysis) is 1. The van der Waals surface area contributed by atoms with Crippen molar-refractivity contribution in [3.8, 4) is 0 Å². The summed E-state index contributed by atoms with van der Waals surface area (Å²) < 4.78 is 5.28. The van der Waals surface area contributed by atoms with Crippen LogP contribution in [0, 0.1) is 6.92 Å². The second kappa shape index (κ2) is 6.38. The first-order valence-electron chi connectivity index (χ1n) is 7.59. The van der Waals surface area contributed by atoms with Crippen LogP contribution in [0.4, 0.5) is 10.5 Å². The maximum absolute atomic E-state index is 11.8. The molecule has 1 N–H and O–H groups in total. The number of hydrogen-bond donors (Lipinski definition) is 1. The van der Waals surface area contributed by atoms with Gasteiger partial charge in [-0.15, -0.1) is 0 Å². The largest absolute Gasteiger partial charge is 0.444 e. The Morgan fingerprint density at radius 2 is 2.14 bits per heavy atom. The number of rotatable bonds is 3. The number of benzene rings is 1. The molecule has 5 nitrogen and oxygen atoms in total. The van der Waals surface area contributed by atoms with Crippen LogP contribution in [0.25, 0.3) is 0 Å². The van der Waals surface area contributed by atoms with Gasteiger partial charge >= 0.3 is 6.09 Å². The van der Waals surface area contributed by atoms with Crippen LogP contribution in [0.5, 0.6) is 0 Å². The molecule has 5 heteroatoms. The number of para-hydroxylation sites is 1. The molecule has 1 amide bonds. The Morgan fingerprint density at radius 3 is 2.77 bits per heavy atom. The van der Waals surface area contributed by atoms with E-state index >= 15 is 0 Å². The molecule has 0 saturated carbocycles. The van der Waals surface area contributed by atoms with Crippen LogP contribution in [0.1, 0.15) is 43.1 Å². The molecule has 22 heavy (non-hydrogen) atoms. The molecule has 1 saturated heterocycles. The van der Waals surface area contributed by atoms with E-state index in [1.807, 2.05) is 45.9 Å². The third-order valence-corrected chi connectivity index (χ3v) is 3.62. The van der Waals surface area contributed by atoms with Crippen molar-refractivity contribution in [1.29, 1.82) is 0 Å². The number of ether oxygens (including phenoxy) is 1. The number of anilines is 1. The fourth-order valence-corrected chi connectivity index (χ4v) is 2.76. The highest BCUT2D eigenvalue weighted by Gasteiger charge is 2.27. The molecule has 0 radical (unpaired) electrons. The Balaban J connectivity index is 2.02. The molecule has 0 bridgehead atoms. The first-order chi connectivity index (χ1) is 10.3. The predicted molar refractivity (Wildman–Crippen MR) is 86.6 cm³/mol. The summed E-state index contributed by atoms with van der Waals surface area (Å²) in [6.07, 6.45) is 1.34. The summed E-state index contributed by atoms with van der Waals surface area (Å²) in [6, 6.07) is 5.74. The number of carbonyl (C=O) groups is 2. The summed E-state index contributed by atoms with van der Waals surface area (Å²) in [5, 5.41) is 2.90. The highest BCUT2D eigenvalue weighted by Crippen LogP contribution is 2.27. The van der Waals surface area contributed by atoms with Crippen LogP contribution in [0.3, 0.4) is 0 Å². The van der Waals surface area contributed by atoms with E-state index in [1.54, 1.807) is 0 Å². The van der Waals surface area contributed by atoms with Gasteiger partial charge in [-0.1, -0.05) is 12.1 Å². The van der Waals surface area contributed by atoms with Gasteiger partial charge in [-0.2, -0.15) is 0 Å². The van der Waals surface area contributed by atoms with Crippen molar-refractivity contribution in [3.05, 3.63) is 29.3 Å². The number of nitrogens with zero attached hydrogens (tertiary/aromatic N) is 1. The van der Waals surface area contributed by atoms with E-state index in [0.29, 0.717) is 12.1 Å². The van der Waals surface area contributed by atoms with Crippen molar-refractivity contribution in [3.63, 3.8) is 0 Å². The van der Waals surface area contributed by atoms with Crippen molar-refractivity contribution in [1.82, 2.24) is 5.32 Å². The Kier molecular flexibility index (Phi) is 4.74. The topological polar surface area (TPSA) is 58.6 Å². The zero-order valence-corrected chi connectivity index (χ0v) is 13.7. The molecular weight excluding hydrogens is 280 g/mol. The maximum Gasteiger partial charge on any atom is 0.407 e.